The van der Waals surface area contributed by atoms with Gasteiger partial charge in [0.25, 0.3) is 0 Å². The van der Waals surface area contributed by atoms with Crippen molar-refractivity contribution in [2.75, 3.05) is 13.1 Å². The Morgan fingerprint density at radius 3 is 2.81 bits per heavy atom. The second-order valence-corrected chi connectivity index (χ2v) is 7.56. The summed E-state index contributed by atoms with van der Waals surface area (Å²) in [6.07, 6.45) is 2.82. The van der Waals surface area contributed by atoms with Gasteiger partial charge in [-0.25, -0.2) is 8.42 Å². The van der Waals surface area contributed by atoms with Crippen molar-refractivity contribution >= 4 is 10.0 Å². The van der Waals surface area contributed by atoms with E-state index >= 15 is 0 Å². The Hall–Kier alpha value is -0.910. The molecule has 1 aromatic rings. The van der Waals surface area contributed by atoms with Crippen molar-refractivity contribution in [1.29, 1.82) is 0 Å². The Morgan fingerprint density at radius 2 is 2.14 bits per heavy atom. The van der Waals surface area contributed by atoms with Gasteiger partial charge in [-0.3, -0.25) is 0 Å². The maximum absolute atomic E-state index is 12.8. The predicted molar refractivity (Wildman–Crippen MR) is 85.7 cm³/mol. The first-order chi connectivity index (χ1) is 10.0. The third-order valence-corrected chi connectivity index (χ3v) is 6.22. The van der Waals surface area contributed by atoms with Crippen molar-refractivity contribution in [3.05, 3.63) is 29.8 Å². The number of hydrogen-bond acceptors (Lipinski definition) is 3. The summed E-state index contributed by atoms with van der Waals surface area (Å²) in [7, 11) is -3.37. The fourth-order valence-electron chi connectivity index (χ4n) is 3.04. The Bertz CT molecular complexity index is 571. The minimum Gasteiger partial charge on any atom is -0.310 e. The molecule has 1 aliphatic rings. The fraction of sp³-hybridized carbons (Fsp3) is 0.625. The summed E-state index contributed by atoms with van der Waals surface area (Å²) in [6.45, 7) is 7.67. The van der Waals surface area contributed by atoms with E-state index in [1.165, 1.54) is 0 Å². The lowest BCUT2D eigenvalue weighted by Gasteiger charge is -2.23. The van der Waals surface area contributed by atoms with Crippen molar-refractivity contribution in [2.45, 2.75) is 57.0 Å². The zero-order valence-electron chi connectivity index (χ0n) is 13.2. The fourth-order valence-corrected chi connectivity index (χ4v) is 4.86. The first kappa shape index (κ1) is 16.5. The van der Waals surface area contributed by atoms with Crippen LogP contribution < -0.4 is 5.32 Å². The van der Waals surface area contributed by atoms with Crippen LogP contribution in [0.25, 0.3) is 0 Å². The molecule has 1 fully saturated rings. The van der Waals surface area contributed by atoms with Crippen LogP contribution in [-0.2, 0) is 10.0 Å². The molecule has 5 heteroatoms. The molecule has 0 spiro atoms. The lowest BCUT2D eigenvalue weighted by Crippen LogP contribution is -2.35. The quantitative estimate of drug-likeness (QED) is 0.879. The van der Waals surface area contributed by atoms with E-state index in [-0.39, 0.29) is 12.1 Å². The van der Waals surface area contributed by atoms with Crippen LogP contribution in [-0.4, -0.2) is 31.9 Å². The second-order valence-electron chi connectivity index (χ2n) is 5.67. The van der Waals surface area contributed by atoms with Gasteiger partial charge in [0.15, 0.2) is 0 Å². The van der Waals surface area contributed by atoms with Crippen molar-refractivity contribution in [1.82, 2.24) is 9.62 Å². The molecule has 2 rings (SSSR count). The van der Waals surface area contributed by atoms with Crippen molar-refractivity contribution in [2.24, 2.45) is 0 Å². The molecule has 0 bridgehead atoms. The molecule has 0 amide bonds. The highest BCUT2D eigenvalue weighted by Crippen LogP contribution is 2.28. The molecule has 1 aromatic carbocycles. The van der Waals surface area contributed by atoms with Crippen molar-refractivity contribution in [3.8, 4) is 0 Å². The number of benzene rings is 1. The number of nitrogens with one attached hydrogen (secondary N) is 1. The molecule has 21 heavy (non-hydrogen) atoms. The molecule has 1 N–H and O–H groups in total. The molecular weight excluding hydrogens is 284 g/mol. The number of sulfonamides is 1. The van der Waals surface area contributed by atoms with E-state index < -0.39 is 10.0 Å². The summed E-state index contributed by atoms with van der Waals surface area (Å²) in [5.41, 5.74) is 1.02. The van der Waals surface area contributed by atoms with E-state index in [2.05, 4.69) is 19.2 Å². The van der Waals surface area contributed by atoms with Gasteiger partial charge < -0.3 is 5.32 Å². The molecule has 1 saturated heterocycles. The van der Waals surface area contributed by atoms with E-state index in [0.29, 0.717) is 11.4 Å². The maximum atomic E-state index is 12.8. The van der Waals surface area contributed by atoms with Gasteiger partial charge in [0, 0.05) is 18.6 Å². The second kappa shape index (κ2) is 6.90. The summed E-state index contributed by atoms with van der Waals surface area (Å²) < 4.78 is 27.4. The highest BCUT2D eigenvalue weighted by atomic mass is 32.2. The van der Waals surface area contributed by atoms with Gasteiger partial charge in [0.2, 0.25) is 10.0 Å². The third-order valence-electron chi connectivity index (χ3n) is 4.27. The van der Waals surface area contributed by atoms with Gasteiger partial charge in [0.1, 0.15) is 0 Å². The average molecular weight is 310 g/mol. The molecule has 0 aliphatic carbocycles. The van der Waals surface area contributed by atoms with E-state index in [9.17, 15) is 8.42 Å². The Morgan fingerprint density at radius 1 is 1.38 bits per heavy atom. The van der Waals surface area contributed by atoms with Gasteiger partial charge in [-0.05, 0) is 50.4 Å². The van der Waals surface area contributed by atoms with Gasteiger partial charge in [-0.2, -0.15) is 4.31 Å². The predicted octanol–water partition coefficient (Wildman–Crippen LogP) is 2.92. The summed E-state index contributed by atoms with van der Waals surface area (Å²) in [5, 5.41) is 3.32. The smallest absolute Gasteiger partial charge is 0.243 e. The molecule has 1 aliphatic heterocycles. The monoisotopic (exact) mass is 310 g/mol. The van der Waals surface area contributed by atoms with Gasteiger partial charge in [0.05, 0.1) is 4.90 Å². The van der Waals surface area contributed by atoms with Crippen LogP contribution in [0.4, 0.5) is 0 Å². The van der Waals surface area contributed by atoms with Crippen molar-refractivity contribution < 1.29 is 8.42 Å². The van der Waals surface area contributed by atoms with E-state index in [1.54, 1.807) is 10.4 Å². The summed E-state index contributed by atoms with van der Waals surface area (Å²) in [4.78, 5) is 0.421. The lowest BCUT2D eigenvalue weighted by atomic mass is 10.1. The van der Waals surface area contributed by atoms with Crippen LogP contribution in [0.15, 0.2) is 29.2 Å². The van der Waals surface area contributed by atoms with Gasteiger partial charge in [-0.15, -0.1) is 0 Å². The Labute approximate surface area is 128 Å². The zero-order valence-corrected chi connectivity index (χ0v) is 14.0. The third kappa shape index (κ3) is 3.47. The molecule has 0 saturated carbocycles. The molecule has 4 nitrogen and oxygen atoms in total. The molecule has 1 heterocycles. The maximum Gasteiger partial charge on any atom is 0.243 e. The SMILES string of the molecule is CCNC(C)c1cccc(S(=O)(=O)N2CCCC2CC)c1. The standard InChI is InChI=1S/C16H26N2O2S/c1-4-15-9-7-11-18(15)21(19,20)16-10-6-8-14(12-16)13(3)17-5-2/h6,8,10,12-13,15,17H,4-5,7,9,11H2,1-3H3. The average Bonchev–Trinajstić information content (AvgIpc) is 2.97. The topological polar surface area (TPSA) is 49.4 Å². The first-order valence-corrected chi connectivity index (χ1v) is 9.29. The Kier molecular flexibility index (Phi) is 5.41. The zero-order chi connectivity index (χ0) is 15.5. The number of rotatable bonds is 6. The molecule has 0 aromatic heterocycles. The largest absolute Gasteiger partial charge is 0.310 e. The van der Waals surface area contributed by atoms with Crippen LogP contribution in [0.2, 0.25) is 0 Å². The lowest BCUT2D eigenvalue weighted by molar-refractivity contribution is 0.379. The van der Waals surface area contributed by atoms with Gasteiger partial charge >= 0.3 is 0 Å². The molecule has 2 unspecified atom stereocenters. The molecule has 2 atom stereocenters. The highest BCUT2D eigenvalue weighted by Gasteiger charge is 2.34. The van der Waals surface area contributed by atoms with Crippen LogP contribution in [0.3, 0.4) is 0 Å². The van der Waals surface area contributed by atoms with E-state index in [1.807, 2.05) is 25.1 Å². The van der Waals surface area contributed by atoms with Crippen LogP contribution in [0.5, 0.6) is 0 Å². The van der Waals surface area contributed by atoms with Crippen LogP contribution in [0, 0.1) is 0 Å². The van der Waals surface area contributed by atoms with Crippen LogP contribution >= 0.6 is 0 Å². The normalized spacial score (nSPS) is 21.6. The Balaban J connectivity index is 2.30. The van der Waals surface area contributed by atoms with Crippen LogP contribution in [0.1, 0.15) is 51.6 Å². The molecular formula is C16H26N2O2S. The minimum absolute atomic E-state index is 0.157. The van der Waals surface area contributed by atoms with Gasteiger partial charge in [-0.1, -0.05) is 26.0 Å². The minimum atomic E-state index is -3.37. The number of hydrogen-bond donors (Lipinski definition) is 1. The summed E-state index contributed by atoms with van der Waals surface area (Å²) >= 11 is 0. The van der Waals surface area contributed by atoms with Crippen molar-refractivity contribution in [3.63, 3.8) is 0 Å². The van der Waals surface area contributed by atoms with E-state index in [0.717, 1.165) is 31.4 Å². The molecule has 118 valence electrons. The summed E-state index contributed by atoms with van der Waals surface area (Å²) in [5.74, 6) is 0. The van der Waals surface area contributed by atoms with E-state index in [4.69, 9.17) is 0 Å². The first-order valence-electron chi connectivity index (χ1n) is 7.85. The molecule has 0 radical (unpaired) electrons. The summed E-state index contributed by atoms with van der Waals surface area (Å²) in [6, 6.07) is 7.66. The number of nitrogens with zero attached hydrogens (tertiary/aromatic N) is 1. The highest BCUT2D eigenvalue weighted by molar-refractivity contribution is 7.89.